The molecule has 0 spiro atoms. The van der Waals surface area contributed by atoms with E-state index in [4.69, 9.17) is 15.2 Å². The van der Waals surface area contributed by atoms with Crippen molar-refractivity contribution in [2.45, 2.75) is 44.6 Å². The molecule has 1 aliphatic heterocycles. The molecule has 1 fully saturated rings. The van der Waals surface area contributed by atoms with E-state index >= 15 is 0 Å². The molecule has 0 bridgehead atoms. The molecule has 0 saturated carbocycles. The predicted molar refractivity (Wildman–Crippen MR) is 90.9 cm³/mol. The monoisotopic (exact) mass is 320 g/mol. The first-order chi connectivity index (χ1) is 11.2. The van der Waals surface area contributed by atoms with Crippen LogP contribution < -0.4 is 15.2 Å². The normalized spacial score (nSPS) is 17.9. The van der Waals surface area contributed by atoms with Crippen molar-refractivity contribution in [3.8, 4) is 11.5 Å². The summed E-state index contributed by atoms with van der Waals surface area (Å²) in [4.78, 5) is 14.3. The highest BCUT2D eigenvalue weighted by Crippen LogP contribution is 2.29. The van der Waals surface area contributed by atoms with E-state index < -0.39 is 0 Å². The molecule has 1 amide bonds. The molecule has 1 aromatic rings. The minimum absolute atomic E-state index is 0.199. The van der Waals surface area contributed by atoms with Crippen LogP contribution in [0.2, 0.25) is 0 Å². The first-order valence-electron chi connectivity index (χ1n) is 8.40. The SMILES string of the molecule is COc1ccc(CCC2CCCCN2C(=O)CCN)cc1OC. The summed E-state index contributed by atoms with van der Waals surface area (Å²) in [6.07, 6.45) is 5.74. The lowest BCUT2D eigenvalue weighted by Gasteiger charge is -2.36. The Morgan fingerprint density at radius 1 is 1.26 bits per heavy atom. The standard InChI is InChI=1S/C18H28N2O3/c1-22-16-9-7-14(13-17(16)23-2)6-8-15-5-3-4-12-20(15)18(21)10-11-19/h7,9,13,15H,3-6,8,10-12,19H2,1-2H3. The number of ether oxygens (including phenoxy) is 2. The Labute approximate surface area is 138 Å². The van der Waals surface area contributed by atoms with Crippen molar-refractivity contribution in [2.24, 2.45) is 5.73 Å². The van der Waals surface area contributed by atoms with Gasteiger partial charge in [-0.05, 0) is 49.8 Å². The summed E-state index contributed by atoms with van der Waals surface area (Å²) >= 11 is 0. The smallest absolute Gasteiger partial charge is 0.224 e. The second-order valence-corrected chi connectivity index (χ2v) is 6.00. The van der Waals surface area contributed by atoms with Crippen LogP contribution in [0.15, 0.2) is 18.2 Å². The molecule has 2 rings (SSSR count). The van der Waals surface area contributed by atoms with Crippen molar-refractivity contribution in [1.82, 2.24) is 4.90 Å². The molecule has 5 heteroatoms. The van der Waals surface area contributed by atoms with Crippen LogP contribution in [-0.2, 0) is 11.2 Å². The van der Waals surface area contributed by atoms with Crippen LogP contribution in [0.25, 0.3) is 0 Å². The maximum Gasteiger partial charge on any atom is 0.224 e. The van der Waals surface area contributed by atoms with Crippen LogP contribution in [-0.4, -0.2) is 44.2 Å². The first-order valence-corrected chi connectivity index (χ1v) is 8.40. The van der Waals surface area contributed by atoms with Gasteiger partial charge in [0.2, 0.25) is 5.91 Å². The Kier molecular flexibility index (Phi) is 6.71. The van der Waals surface area contributed by atoms with Gasteiger partial charge in [-0.3, -0.25) is 4.79 Å². The summed E-state index contributed by atoms with van der Waals surface area (Å²) in [5, 5.41) is 0. The summed E-state index contributed by atoms with van der Waals surface area (Å²) in [5.74, 6) is 1.70. The number of carbonyl (C=O) groups is 1. The number of nitrogens with two attached hydrogens (primary N) is 1. The highest BCUT2D eigenvalue weighted by atomic mass is 16.5. The van der Waals surface area contributed by atoms with Crippen LogP contribution in [0.1, 0.15) is 37.7 Å². The van der Waals surface area contributed by atoms with Crippen molar-refractivity contribution in [3.63, 3.8) is 0 Å². The number of likely N-dealkylation sites (tertiary alicyclic amines) is 1. The van der Waals surface area contributed by atoms with Gasteiger partial charge in [0.15, 0.2) is 11.5 Å². The van der Waals surface area contributed by atoms with Gasteiger partial charge in [0.25, 0.3) is 0 Å². The average Bonchev–Trinajstić information content (AvgIpc) is 2.60. The van der Waals surface area contributed by atoms with Gasteiger partial charge >= 0.3 is 0 Å². The average molecular weight is 320 g/mol. The third-order valence-corrected chi connectivity index (χ3v) is 4.52. The molecule has 23 heavy (non-hydrogen) atoms. The lowest BCUT2D eigenvalue weighted by Crippen LogP contribution is -2.44. The topological polar surface area (TPSA) is 64.8 Å². The van der Waals surface area contributed by atoms with Gasteiger partial charge in [-0.2, -0.15) is 0 Å². The second-order valence-electron chi connectivity index (χ2n) is 6.00. The second kappa shape index (κ2) is 8.77. The van der Waals surface area contributed by atoms with Gasteiger partial charge < -0.3 is 20.1 Å². The Bertz CT molecular complexity index is 519. The third-order valence-electron chi connectivity index (χ3n) is 4.52. The largest absolute Gasteiger partial charge is 0.493 e. The zero-order valence-electron chi connectivity index (χ0n) is 14.2. The van der Waals surface area contributed by atoms with Gasteiger partial charge in [0.05, 0.1) is 14.2 Å². The van der Waals surface area contributed by atoms with E-state index in [1.807, 2.05) is 17.0 Å². The molecule has 1 aromatic carbocycles. The number of piperidine rings is 1. The molecule has 2 N–H and O–H groups in total. The molecule has 1 atom stereocenters. The maximum atomic E-state index is 12.2. The van der Waals surface area contributed by atoms with Gasteiger partial charge in [0, 0.05) is 25.6 Å². The van der Waals surface area contributed by atoms with Crippen LogP contribution in [0.5, 0.6) is 11.5 Å². The summed E-state index contributed by atoms with van der Waals surface area (Å²) in [6.45, 7) is 1.30. The minimum Gasteiger partial charge on any atom is -0.493 e. The van der Waals surface area contributed by atoms with Gasteiger partial charge in [-0.1, -0.05) is 6.07 Å². The molecule has 1 heterocycles. The van der Waals surface area contributed by atoms with E-state index in [0.29, 0.717) is 19.0 Å². The molecule has 1 unspecified atom stereocenters. The third kappa shape index (κ3) is 4.61. The fraction of sp³-hybridized carbons (Fsp3) is 0.611. The fourth-order valence-electron chi connectivity index (χ4n) is 3.27. The summed E-state index contributed by atoms with van der Waals surface area (Å²) in [6, 6.07) is 6.35. The van der Waals surface area contributed by atoms with Gasteiger partial charge in [0.1, 0.15) is 0 Å². The molecule has 1 aliphatic rings. The molecule has 0 aliphatic carbocycles. The zero-order chi connectivity index (χ0) is 16.7. The van der Waals surface area contributed by atoms with Crippen LogP contribution in [0, 0.1) is 0 Å². The maximum absolute atomic E-state index is 12.2. The number of hydrogen-bond acceptors (Lipinski definition) is 4. The van der Waals surface area contributed by atoms with E-state index in [0.717, 1.165) is 43.7 Å². The minimum atomic E-state index is 0.199. The Morgan fingerprint density at radius 3 is 2.74 bits per heavy atom. The predicted octanol–water partition coefficient (Wildman–Crippen LogP) is 2.37. The van der Waals surface area contributed by atoms with Crippen molar-refractivity contribution in [1.29, 1.82) is 0 Å². The number of nitrogens with zero attached hydrogens (tertiary/aromatic N) is 1. The molecule has 128 valence electrons. The summed E-state index contributed by atoms with van der Waals surface area (Å²) < 4.78 is 10.6. The molecule has 0 aromatic heterocycles. The first kappa shape index (κ1) is 17.6. The Balaban J connectivity index is 1.99. The zero-order valence-corrected chi connectivity index (χ0v) is 14.2. The fourth-order valence-corrected chi connectivity index (χ4v) is 3.27. The number of amides is 1. The Morgan fingerprint density at radius 2 is 2.04 bits per heavy atom. The molecular weight excluding hydrogens is 292 g/mol. The van der Waals surface area contributed by atoms with Crippen LogP contribution >= 0.6 is 0 Å². The van der Waals surface area contributed by atoms with Crippen molar-refractivity contribution >= 4 is 5.91 Å². The van der Waals surface area contributed by atoms with E-state index in [9.17, 15) is 4.79 Å². The molecular formula is C18H28N2O3. The van der Waals surface area contributed by atoms with E-state index in [1.54, 1.807) is 14.2 Å². The number of carbonyl (C=O) groups excluding carboxylic acids is 1. The molecule has 5 nitrogen and oxygen atoms in total. The summed E-state index contributed by atoms with van der Waals surface area (Å²) in [7, 11) is 3.29. The number of hydrogen-bond donors (Lipinski definition) is 1. The number of rotatable bonds is 7. The number of methoxy groups -OCH3 is 2. The van der Waals surface area contributed by atoms with E-state index in [-0.39, 0.29) is 5.91 Å². The van der Waals surface area contributed by atoms with Crippen molar-refractivity contribution in [3.05, 3.63) is 23.8 Å². The van der Waals surface area contributed by atoms with Crippen LogP contribution in [0.4, 0.5) is 0 Å². The number of benzene rings is 1. The molecule has 1 saturated heterocycles. The summed E-state index contributed by atoms with van der Waals surface area (Å²) in [5.41, 5.74) is 6.74. The highest BCUT2D eigenvalue weighted by Gasteiger charge is 2.25. The van der Waals surface area contributed by atoms with Crippen molar-refractivity contribution in [2.75, 3.05) is 27.3 Å². The number of aryl methyl sites for hydroxylation is 1. The van der Waals surface area contributed by atoms with E-state index in [2.05, 4.69) is 6.07 Å². The molecule has 0 radical (unpaired) electrons. The van der Waals surface area contributed by atoms with Gasteiger partial charge in [-0.25, -0.2) is 0 Å². The Hall–Kier alpha value is -1.75. The van der Waals surface area contributed by atoms with E-state index in [1.165, 1.54) is 12.0 Å². The van der Waals surface area contributed by atoms with Crippen LogP contribution in [0.3, 0.4) is 0 Å². The van der Waals surface area contributed by atoms with Gasteiger partial charge in [-0.15, -0.1) is 0 Å². The lowest BCUT2D eigenvalue weighted by atomic mass is 9.95. The quantitative estimate of drug-likeness (QED) is 0.837. The van der Waals surface area contributed by atoms with Crippen molar-refractivity contribution < 1.29 is 14.3 Å². The lowest BCUT2D eigenvalue weighted by molar-refractivity contribution is -0.134. The highest BCUT2D eigenvalue weighted by molar-refractivity contribution is 5.76.